The fourth-order valence-corrected chi connectivity index (χ4v) is 2.27. The lowest BCUT2D eigenvalue weighted by atomic mass is 9.80. The highest BCUT2D eigenvalue weighted by molar-refractivity contribution is 7.80. The number of rotatable bonds is 2. The van der Waals surface area contributed by atoms with Gasteiger partial charge in [-0.05, 0) is 18.3 Å². The summed E-state index contributed by atoms with van der Waals surface area (Å²) in [4.78, 5) is 14.6. The van der Waals surface area contributed by atoms with Crippen molar-refractivity contribution in [1.29, 1.82) is 0 Å². The Balaban J connectivity index is 2.53. The third-order valence-corrected chi connectivity index (χ3v) is 3.99. The van der Waals surface area contributed by atoms with E-state index in [0.717, 1.165) is 25.9 Å². The Hall–Kier alpha value is -0.640. The molecule has 0 aromatic rings. The summed E-state index contributed by atoms with van der Waals surface area (Å²) < 4.78 is 0. The minimum absolute atomic E-state index is 0.0565. The van der Waals surface area contributed by atoms with E-state index in [-0.39, 0.29) is 16.7 Å². The van der Waals surface area contributed by atoms with Crippen molar-refractivity contribution in [3.8, 4) is 0 Å². The van der Waals surface area contributed by atoms with Gasteiger partial charge < -0.3 is 10.6 Å². The van der Waals surface area contributed by atoms with Crippen LogP contribution in [0.1, 0.15) is 47.0 Å². The number of nitrogens with zero attached hydrogens (tertiary/aromatic N) is 1. The zero-order valence-corrected chi connectivity index (χ0v) is 12.2. The molecule has 1 aliphatic rings. The van der Waals surface area contributed by atoms with Crippen LogP contribution in [0.5, 0.6) is 0 Å². The van der Waals surface area contributed by atoms with Crippen LogP contribution in [0.25, 0.3) is 0 Å². The van der Waals surface area contributed by atoms with Gasteiger partial charge >= 0.3 is 0 Å². The predicted molar refractivity (Wildman–Crippen MR) is 74.8 cm³/mol. The second kappa shape index (κ2) is 4.92. The van der Waals surface area contributed by atoms with E-state index in [9.17, 15) is 4.79 Å². The van der Waals surface area contributed by atoms with Gasteiger partial charge in [0.2, 0.25) is 5.91 Å². The standard InChI is InChI=1S/C13H24N2OS/c1-12(2,3)9-10(16)15-7-5-13(4,6-8-15)11(14)17/h5-9H2,1-4H3,(H2,14,17). The van der Waals surface area contributed by atoms with Crippen LogP contribution >= 0.6 is 12.2 Å². The smallest absolute Gasteiger partial charge is 0.223 e. The summed E-state index contributed by atoms with van der Waals surface area (Å²) >= 11 is 5.10. The van der Waals surface area contributed by atoms with Crippen molar-refractivity contribution in [3.05, 3.63) is 0 Å². The van der Waals surface area contributed by atoms with E-state index in [1.54, 1.807) is 0 Å². The lowest BCUT2D eigenvalue weighted by Gasteiger charge is -2.39. The van der Waals surface area contributed by atoms with E-state index in [1.165, 1.54) is 0 Å². The minimum atomic E-state index is -0.0617. The first-order valence-corrected chi connectivity index (χ1v) is 6.63. The van der Waals surface area contributed by atoms with E-state index < -0.39 is 0 Å². The summed E-state index contributed by atoms with van der Waals surface area (Å²) in [7, 11) is 0. The quantitative estimate of drug-likeness (QED) is 0.771. The highest BCUT2D eigenvalue weighted by Gasteiger charge is 2.34. The molecule has 0 aliphatic carbocycles. The Bertz CT molecular complexity index is 312. The number of thiocarbonyl (C=S) groups is 1. The summed E-state index contributed by atoms with van der Waals surface area (Å²) in [5.41, 5.74) is 5.75. The zero-order valence-electron chi connectivity index (χ0n) is 11.4. The first-order valence-electron chi connectivity index (χ1n) is 6.22. The number of likely N-dealkylation sites (tertiary alicyclic amines) is 1. The maximum Gasteiger partial charge on any atom is 0.223 e. The normalized spacial score (nSPS) is 20.1. The molecule has 1 aliphatic heterocycles. The molecule has 0 bridgehead atoms. The monoisotopic (exact) mass is 256 g/mol. The number of carbonyl (C=O) groups excluding carboxylic acids is 1. The molecule has 0 unspecified atom stereocenters. The molecule has 0 spiro atoms. The van der Waals surface area contributed by atoms with Crippen molar-refractivity contribution in [1.82, 2.24) is 4.90 Å². The van der Waals surface area contributed by atoms with Gasteiger partial charge in [0, 0.05) is 24.9 Å². The Morgan fingerprint density at radius 2 is 1.82 bits per heavy atom. The third kappa shape index (κ3) is 3.95. The fraction of sp³-hybridized carbons (Fsp3) is 0.846. The molecule has 17 heavy (non-hydrogen) atoms. The zero-order chi connectivity index (χ0) is 13.3. The average Bonchev–Trinajstić information content (AvgIpc) is 2.15. The molecule has 98 valence electrons. The molecular weight excluding hydrogens is 232 g/mol. The maximum atomic E-state index is 12.1. The molecular formula is C13H24N2OS. The van der Waals surface area contributed by atoms with E-state index in [1.807, 2.05) is 4.90 Å². The van der Waals surface area contributed by atoms with Crippen LogP contribution in [-0.2, 0) is 4.79 Å². The van der Waals surface area contributed by atoms with Gasteiger partial charge in [-0.3, -0.25) is 4.79 Å². The van der Waals surface area contributed by atoms with Crippen molar-refractivity contribution < 1.29 is 4.79 Å². The van der Waals surface area contributed by atoms with E-state index in [2.05, 4.69) is 27.7 Å². The number of piperidine rings is 1. The second-order valence-electron chi connectivity index (χ2n) is 6.54. The molecule has 1 fully saturated rings. The molecule has 0 aromatic carbocycles. The topological polar surface area (TPSA) is 46.3 Å². The van der Waals surface area contributed by atoms with Gasteiger partial charge in [-0.2, -0.15) is 0 Å². The van der Waals surface area contributed by atoms with Crippen molar-refractivity contribution in [2.75, 3.05) is 13.1 Å². The molecule has 1 heterocycles. The van der Waals surface area contributed by atoms with Crippen LogP contribution in [0.4, 0.5) is 0 Å². The van der Waals surface area contributed by atoms with Crippen molar-refractivity contribution in [2.45, 2.75) is 47.0 Å². The Labute approximate surface area is 110 Å². The van der Waals surface area contributed by atoms with Crippen LogP contribution < -0.4 is 5.73 Å². The van der Waals surface area contributed by atoms with Gasteiger partial charge in [0.1, 0.15) is 0 Å². The number of carbonyl (C=O) groups is 1. The maximum absolute atomic E-state index is 12.1. The molecule has 1 amide bonds. The van der Waals surface area contributed by atoms with Gasteiger partial charge in [0.15, 0.2) is 0 Å². The number of amides is 1. The summed E-state index contributed by atoms with van der Waals surface area (Å²) in [6.45, 7) is 9.93. The van der Waals surface area contributed by atoms with Crippen molar-refractivity contribution in [3.63, 3.8) is 0 Å². The minimum Gasteiger partial charge on any atom is -0.393 e. The fourth-order valence-electron chi connectivity index (χ4n) is 2.06. The van der Waals surface area contributed by atoms with Crippen LogP contribution in [0.15, 0.2) is 0 Å². The number of nitrogens with two attached hydrogens (primary N) is 1. The van der Waals surface area contributed by atoms with Gasteiger partial charge in [-0.15, -0.1) is 0 Å². The Morgan fingerprint density at radius 3 is 2.18 bits per heavy atom. The van der Waals surface area contributed by atoms with Gasteiger partial charge in [0.05, 0.1) is 4.99 Å². The van der Waals surface area contributed by atoms with Crippen LogP contribution in [-0.4, -0.2) is 28.9 Å². The average molecular weight is 256 g/mol. The molecule has 0 radical (unpaired) electrons. The van der Waals surface area contributed by atoms with Crippen LogP contribution in [0, 0.1) is 10.8 Å². The van der Waals surface area contributed by atoms with Crippen LogP contribution in [0.2, 0.25) is 0 Å². The Morgan fingerprint density at radius 1 is 1.35 bits per heavy atom. The molecule has 1 rings (SSSR count). The predicted octanol–water partition coefficient (Wildman–Crippen LogP) is 2.34. The van der Waals surface area contributed by atoms with E-state index in [0.29, 0.717) is 11.4 Å². The summed E-state index contributed by atoms with van der Waals surface area (Å²) in [6, 6.07) is 0. The SMILES string of the molecule is CC(C)(C)CC(=O)N1CCC(C)(C(N)=S)CC1. The summed E-state index contributed by atoms with van der Waals surface area (Å²) in [5, 5.41) is 0. The number of hydrogen-bond acceptors (Lipinski definition) is 2. The highest BCUT2D eigenvalue weighted by atomic mass is 32.1. The molecule has 0 aromatic heterocycles. The van der Waals surface area contributed by atoms with E-state index >= 15 is 0 Å². The molecule has 4 heteroatoms. The summed E-state index contributed by atoms with van der Waals surface area (Å²) in [5.74, 6) is 0.252. The lowest BCUT2D eigenvalue weighted by Crippen LogP contribution is -2.47. The molecule has 2 N–H and O–H groups in total. The first kappa shape index (κ1) is 14.4. The van der Waals surface area contributed by atoms with Crippen molar-refractivity contribution in [2.24, 2.45) is 16.6 Å². The second-order valence-corrected chi connectivity index (χ2v) is 6.98. The van der Waals surface area contributed by atoms with E-state index in [4.69, 9.17) is 18.0 Å². The number of hydrogen-bond donors (Lipinski definition) is 1. The third-order valence-electron chi connectivity index (χ3n) is 3.50. The van der Waals surface area contributed by atoms with Crippen LogP contribution in [0.3, 0.4) is 0 Å². The van der Waals surface area contributed by atoms with Gasteiger partial charge in [-0.1, -0.05) is 39.9 Å². The molecule has 0 atom stereocenters. The summed E-state index contributed by atoms with van der Waals surface area (Å²) in [6.07, 6.45) is 2.38. The molecule has 1 saturated heterocycles. The highest BCUT2D eigenvalue weighted by Crippen LogP contribution is 2.32. The van der Waals surface area contributed by atoms with Gasteiger partial charge in [0.25, 0.3) is 0 Å². The molecule has 0 saturated carbocycles. The largest absolute Gasteiger partial charge is 0.393 e. The van der Waals surface area contributed by atoms with Gasteiger partial charge in [-0.25, -0.2) is 0 Å². The molecule has 3 nitrogen and oxygen atoms in total. The Kier molecular flexibility index (Phi) is 4.18. The van der Waals surface area contributed by atoms with Crippen molar-refractivity contribution >= 4 is 23.1 Å². The first-order chi connectivity index (χ1) is 7.64. The lowest BCUT2D eigenvalue weighted by molar-refractivity contribution is -0.134.